The summed E-state index contributed by atoms with van der Waals surface area (Å²) in [5.74, 6) is 0.554. The predicted molar refractivity (Wildman–Crippen MR) is 55.4 cm³/mol. The molecule has 2 rings (SSSR count). The van der Waals surface area contributed by atoms with Crippen molar-refractivity contribution < 1.29 is 9.84 Å². The van der Waals surface area contributed by atoms with Gasteiger partial charge in [-0.1, -0.05) is 0 Å². The van der Waals surface area contributed by atoms with E-state index >= 15 is 0 Å². The van der Waals surface area contributed by atoms with Crippen LogP contribution in [0.1, 0.15) is 17.7 Å². The number of hydrogen-bond donors (Lipinski definition) is 1. The summed E-state index contributed by atoms with van der Waals surface area (Å²) in [6.45, 7) is 1.68. The SMILES string of the molecule is OC(Cc1cncs1)CC1CCOC1. The van der Waals surface area contributed by atoms with E-state index in [2.05, 4.69) is 4.98 Å². The molecule has 0 aliphatic carbocycles. The number of aliphatic hydroxyl groups is 1. The second-order valence-corrected chi connectivity index (χ2v) is 4.76. The van der Waals surface area contributed by atoms with Crippen LogP contribution in [0, 0.1) is 5.92 Å². The first-order valence-corrected chi connectivity index (χ1v) is 5.85. The summed E-state index contributed by atoms with van der Waals surface area (Å²) in [7, 11) is 0. The summed E-state index contributed by atoms with van der Waals surface area (Å²) in [6, 6.07) is 0. The first kappa shape index (κ1) is 10.1. The van der Waals surface area contributed by atoms with Crippen LogP contribution >= 0.6 is 11.3 Å². The molecule has 0 bridgehead atoms. The summed E-state index contributed by atoms with van der Waals surface area (Å²) in [5.41, 5.74) is 1.81. The van der Waals surface area contributed by atoms with Gasteiger partial charge in [0.05, 0.1) is 11.6 Å². The van der Waals surface area contributed by atoms with Crippen LogP contribution in [0.3, 0.4) is 0 Å². The highest BCUT2D eigenvalue weighted by Crippen LogP contribution is 2.20. The Kier molecular flexibility index (Phi) is 3.50. The summed E-state index contributed by atoms with van der Waals surface area (Å²) in [5, 5.41) is 9.80. The zero-order valence-corrected chi connectivity index (χ0v) is 8.87. The zero-order valence-electron chi connectivity index (χ0n) is 8.06. The van der Waals surface area contributed by atoms with E-state index in [0.717, 1.165) is 37.4 Å². The van der Waals surface area contributed by atoms with Gasteiger partial charge < -0.3 is 9.84 Å². The molecule has 4 heteroatoms. The molecular weight excluding hydrogens is 198 g/mol. The lowest BCUT2D eigenvalue weighted by atomic mass is 9.99. The Morgan fingerprint density at radius 2 is 2.64 bits per heavy atom. The Labute approximate surface area is 87.7 Å². The summed E-state index contributed by atoms with van der Waals surface area (Å²) in [6.07, 6.45) is 4.29. The molecule has 1 fully saturated rings. The fourth-order valence-corrected chi connectivity index (χ4v) is 2.48. The van der Waals surface area contributed by atoms with E-state index in [1.54, 1.807) is 16.8 Å². The van der Waals surface area contributed by atoms with Crippen LogP contribution in [-0.2, 0) is 11.2 Å². The lowest BCUT2D eigenvalue weighted by Gasteiger charge is -2.12. The molecule has 0 spiro atoms. The van der Waals surface area contributed by atoms with Gasteiger partial charge in [-0.25, -0.2) is 0 Å². The first-order chi connectivity index (χ1) is 6.84. The molecule has 1 aliphatic heterocycles. The van der Waals surface area contributed by atoms with Crippen molar-refractivity contribution in [1.82, 2.24) is 4.98 Å². The van der Waals surface area contributed by atoms with Crippen molar-refractivity contribution in [3.63, 3.8) is 0 Å². The van der Waals surface area contributed by atoms with E-state index in [0.29, 0.717) is 5.92 Å². The summed E-state index contributed by atoms with van der Waals surface area (Å²) in [4.78, 5) is 5.15. The highest BCUT2D eigenvalue weighted by atomic mass is 32.1. The van der Waals surface area contributed by atoms with Crippen LogP contribution in [0.15, 0.2) is 11.7 Å². The maximum atomic E-state index is 9.80. The smallest absolute Gasteiger partial charge is 0.0794 e. The molecule has 0 amide bonds. The summed E-state index contributed by atoms with van der Waals surface area (Å²) < 4.78 is 5.27. The van der Waals surface area contributed by atoms with Gasteiger partial charge in [-0.2, -0.15) is 0 Å². The Bertz CT molecular complexity index is 257. The molecule has 0 radical (unpaired) electrons. The van der Waals surface area contributed by atoms with Crippen LogP contribution in [0.2, 0.25) is 0 Å². The van der Waals surface area contributed by atoms with Gasteiger partial charge in [-0.05, 0) is 18.8 Å². The van der Waals surface area contributed by atoms with Gasteiger partial charge in [-0.3, -0.25) is 4.98 Å². The van der Waals surface area contributed by atoms with Crippen LogP contribution in [0.5, 0.6) is 0 Å². The molecule has 2 heterocycles. The molecule has 0 aromatic carbocycles. The molecule has 2 atom stereocenters. The number of hydrogen-bond acceptors (Lipinski definition) is 4. The Balaban J connectivity index is 1.75. The molecule has 3 nitrogen and oxygen atoms in total. The standard InChI is InChI=1S/C10H15NO2S/c12-9(3-8-1-2-13-6-8)4-10-5-11-7-14-10/h5,7-9,12H,1-4,6H2. The van der Waals surface area contributed by atoms with Crippen molar-refractivity contribution in [3.8, 4) is 0 Å². The maximum Gasteiger partial charge on any atom is 0.0794 e. The van der Waals surface area contributed by atoms with Crippen molar-refractivity contribution >= 4 is 11.3 Å². The van der Waals surface area contributed by atoms with Crippen LogP contribution in [-0.4, -0.2) is 29.4 Å². The van der Waals surface area contributed by atoms with Gasteiger partial charge in [-0.15, -0.1) is 11.3 Å². The fourth-order valence-electron chi connectivity index (χ4n) is 1.81. The maximum absolute atomic E-state index is 9.80. The minimum absolute atomic E-state index is 0.234. The third-order valence-electron chi connectivity index (χ3n) is 2.55. The van der Waals surface area contributed by atoms with Crippen molar-refractivity contribution in [3.05, 3.63) is 16.6 Å². The minimum Gasteiger partial charge on any atom is -0.393 e. The van der Waals surface area contributed by atoms with Gasteiger partial charge in [0.1, 0.15) is 0 Å². The van der Waals surface area contributed by atoms with Crippen molar-refractivity contribution in [2.45, 2.75) is 25.4 Å². The molecule has 0 saturated carbocycles. The minimum atomic E-state index is -0.234. The highest BCUT2D eigenvalue weighted by Gasteiger charge is 2.19. The average Bonchev–Trinajstić information content (AvgIpc) is 2.76. The van der Waals surface area contributed by atoms with Crippen molar-refractivity contribution in [2.24, 2.45) is 5.92 Å². The van der Waals surface area contributed by atoms with Gasteiger partial charge in [0, 0.05) is 30.7 Å². The third-order valence-corrected chi connectivity index (χ3v) is 3.35. The van der Waals surface area contributed by atoms with Crippen molar-refractivity contribution in [1.29, 1.82) is 0 Å². The van der Waals surface area contributed by atoms with Gasteiger partial charge in [0.2, 0.25) is 0 Å². The average molecular weight is 213 g/mol. The lowest BCUT2D eigenvalue weighted by Crippen LogP contribution is -2.15. The molecule has 1 aromatic heterocycles. The van der Waals surface area contributed by atoms with E-state index in [4.69, 9.17) is 4.74 Å². The van der Waals surface area contributed by atoms with Gasteiger partial charge in [0.25, 0.3) is 0 Å². The molecule has 14 heavy (non-hydrogen) atoms. The van der Waals surface area contributed by atoms with Crippen LogP contribution in [0.4, 0.5) is 0 Å². The fraction of sp³-hybridized carbons (Fsp3) is 0.700. The van der Waals surface area contributed by atoms with E-state index in [-0.39, 0.29) is 6.10 Å². The molecule has 78 valence electrons. The topological polar surface area (TPSA) is 42.4 Å². The Morgan fingerprint density at radius 1 is 1.71 bits per heavy atom. The second kappa shape index (κ2) is 4.87. The number of ether oxygens (including phenoxy) is 1. The molecule has 1 N–H and O–H groups in total. The molecule has 1 saturated heterocycles. The monoisotopic (exact) mass is 213 g/mol. The molecule has 1 aromatic rings. The zero-order chi connectivity index (χ0) is 9.80. The number of thiazole rings is 1. The molecular formula is C10H15NO2S. The third kappa shape index (κ3) is 2.77. The number of aromatic nitrogens is 1. The molecule has 2 unspecified atom stereocenters. The Hall–Kier alpha value is -0.450. The number of rotatable bonds is 4. The second-order valence-electron chi connectivity index (χ2n) is 3.79. The van der Waals surface area contributed by atoms with Crippen LogP contribution < -0.4 is 0 Å². The first-order valence-electron chi connectivity index (χ1n) is 4.98. The van der Waals surface area contributed by atoms with Crippen LogP contribution in [0.25, 0.3) is 0 Å². The number of nitrogens with zero attached hydrogens (tertiary/aromatic N) is 1. The van der Waals surface area contributed by atoms with E-state index in [1.807, 2.05) is 6.20 Å². The van der Waals surface area contributed by atoms with Gasteiger partial charge in [0.15, 0.2) is 0 Å². The van der Waals surface area contributed by atoms with Crippen molar-refractivity contribution in [2.75, 3.05) is 13.2 Å². The molecule has 1 aliphatic rings. The van der Waals surface area contributed by atoms with Gasteiger partial charge >= 0.3 is 0 Å². The normalized spacial score (nSPS) is 23.9. The van der Waals surface area contributed by atoms with E-state index < -0.39 is 0 Å². The largest absolute Gasteiger partial charge is 0.393 e. The Morgan fingerprint density at radius 3 is 3.29 bits per heavy atom. The summed E-state index contributed by atoms with van der Waals surface area (Å²) >= 11 is 1.61. The highest BCUT2D eigenvalue weighted by molar-refractivity contribution is 7.09. The quantitative estimate of drug-likeness (QED) is 0.823. The van der Waals surface area contributed by atoms with E-state index in [1.165, 1.54) is 0 Å². The lowest BCUT2D eigenvalue weighted by molar-refractivity contribution is 0.129. The predicted octanol–water partition coefficient (Wildman–Crippen LogP) is 1.47. The van der Waals surface area contributed by atoms with E-state index in [9.17, 15) is 5.11 Å². The number of aliphatic hydroxyl groups excluding tert-OH is 1.